The molecule has 1 atom stereocenters. The highest BCUT2D eigenvalue weighted by Gasteiger charge is 2.17. The van der Waals surface area contributed by atoms with Gasteiger partial charge in [-0.25, -0.2) is 4.39 Å². The van der Waals surface area contributed by atoms with Crippen LogP contribution in [0.15, 0.2) is 34.8 Å². The van der Waals surface area contributed by atoms with Crippen LogP contribution in [0, 0.1) is 5.82 Å². The minimum atomic E-state index is -0.500. The van der Waals surface area contributed by atoms with Crippen molar-refractivity contribution in [3.05, 3.63) is 61.3 Å². The number of nitrogens with one attached hydrogen (secondary N) is 1. The van der Waals surface area contributed by atoms with Crippen LogP contribution in [-0.4, -0.2) is 0 Å². The summed E-state index contributed by atoms with van der Waals surface area (Å²) >= 11 is 21.6. The van der Waals surface area contributed by atoms with Crippen molar-refractivity contribution in [2.45, 2.75) is 13.0 Å². The zero-order valence-corrected chi connectivity index (χ0v) is 14.2. The average molecular weight is 398 g/mol. The molecule has 0 aliphatic heterocycles. The van der Waals surface area contributed by atoms with Gasteiger partial charge >= 0.3 is 0 Å². The number of benzene rings is 2. The molecule has 0 aliphatic rings. The van der Waals surface area contributed by atoms with E-state index in [1.807, 2.05) is 19.1 Å². The maximum Gasteiger partial charge on any atom is 0.142 e. The molecule has 1 unspecified atom stereocenters. The summed E-state index contributed by atoms with van der Waals surface area (Å²) in [5, 5.41) is 4.16. The van der Waals surface area contributed by atoms with E-state index >= 15 is 0 Å². The van der Waals surface area contributed by atoms with Gasteiger partial charge in [0.05, 0.1) is 21.8 Å². The first kappa shape index (κ1) is 15.9. The quantitative estimate of drug-likeness (QED) is 0.567. The lowest BCUT2D eigenvalue weighted by molar-refractivity contribution is 0.624. The fourth-order valence-corrected chi connectivity index (χ4v) is 3.08. The molecular weight excluding hydrogens is 387 g/mol. The molecular formula is C14H10BrCl3FN. The summed E-state index contributed by atoms with van der Waals surface area (Å²) in [5.41, 5.74) is 1.22. The summed E-state index contributed by atoms with van der Waals surface area (Å²) in [6.45, 7) is 1.84. The molecule has 0 amide bonds. The number of anilines is 1. The van der Waals surface area contributed by atoms with Gasteiger partial charge in [0, 0.05) is 15.1 Å². The maximum absolute atomic E-state index is 13.5. The normalized spacial score (nSPS) is 12.3. The lowest BCUT2D eigenvalue weighted by atomic mass is 10.1. The van der Waals surface area contributed by atoms with E-state index in [0.717, 1.165) is 4.47 Å². The zero-order chi connectivity index (χ0) is 14.9. The number of hydrogen-bond donors (Lipinski definition) is 1. The van der Waals surface area contributed by atoms with E-state index in [9.17, 15) is 4.39 Å². The van der Waals surface area contributed by atoms with Gasteiger partial charge in [-0.05, 0) is 37.3 Å². The SMILES string of the molecule is CC(Nc1cc(Br)ccc1Cl)c1c(Cl)ccc(F)c1Cl. The first-order chi connectivity index (χ1) is 9.40. The standard InChI is InChI=1S/C14H10BrCl3FN/c1-7(13-10(17)4-5-11(19)14(13)18)20-12-6-8(15)2-3-9(12)16/h2-7,20H,1H3. The molecule has 0 spiro atoms. The van der Waals surface area contributed by atoms with Crippen LogP contribution in [0.5, 0.6) is 0 Å². The molecule has 0 bridgehead atoms. The van der Waals surface area contributed by atoms with E-state index in [4.69, 9.17) is 34.8 Å². The van der Waals surface area contributed by atoms with Gasteiger partial charge in [0.2, 0.25) is 0 Å². The highest BCUT2D eigenvalue weighted by molar-refractivity contribution is 9.10. The predicted molar refractivity (Wildman–Crippen MR) is 87.6 cm³/mol. The van der Waals surface area contributed by atoms with Gasteiger partial charge in [0.25, 0.3) is 0 Å². The van der Waals surface area contributed by atoms with Crippen LogP contribution in [0.25, 0.3) is 0 Å². The second-order valence-electron chi connectivity index (χ2n) is 4.25. The monoisotopic (exact) mass is 395 g/mol. The third-order valence-electron chi connectivity index (χ3n) is 2.81. The summed E-state index contributed by atoms with van der Waals surface area (Å²) in [6.07, 6.45) is 0. The number of rotatable bonds is 3. The molecule has 0 aliphatic carbocycles. The second-order valence-corrected chi connectivity index (χ2v) is 6.36. The van der Waals surface area contributed by atoms with Gasteiger partial charge in [0.15, 0.2) is 0 Å². The van der Waals surface area contributed by atoms with Crippen LogP contribution in [-0.2, 0) is 0 Å². The Morgan fingerprint density at radius 3 is 2.45 bits per heavy atom. The Morgan fingerprint density at radius 1 is 1.10 bits per heavy atom. The van der Waals surface area contributed by atoms with Crippen molar-refractivity contribution in [2.75, 3.05) is 5.32 Å². The van der Waals surface area contributed by atoms with Crippen LogP contribution >= 0.6 is 50.7 Å². The van der Waals surface area contributed by atoms with Crippen molar-refractivity contribution >= 4 is 56.4 Å². The first-order valence-corrected chi connectivity index (χ1v) is 7.68. The Hall–Kier alpha value is -0.480. The molecule has 0 heterocycles. The third kappa shape index (κ3) is 3.40. The molecule has 0 aromatic heterocycles. The molecule has 1 N–H and O–H groups in total. The maximum atomic E-state index is 13.5. The molecule has 0 saturated heterocycles. The van der Waals surface area contributed by atoms with E-state index in [1.165, 1.54) is 12.1 Å². The third-order valence-corrected chi connectivity index (χ3v) is 4.35. The van der Waals surface area contributed by atoms with Crippen molar-refractivity contribution in [3.8, 4) is 0 Å². The van der Waals surface area contributed by atoms with Gasteiger partial charge in [-0.1, -0.05) is 50.7 Å². The van der Waals surface area contributed by atoms with Crippen molar-refractivity contribution in [3.63, 3.8) is 0 Å². The largest absolute Gasteiger partial charge is 0.377 e. The molecule has 0 fully saturated rings. The molecule has 0 radical (unpaired) electrons. The van der Waals surface area contributed by atoms with Gasteiger partial charge in [-0.3, -0.25) is 0 Å². The smallest absolute Gasteiger partial charge is 0.142 e. The zero-order valence-electron chi connectivity index (χ0n) is 10.4. The Bertz CT molecular complexity index is 649. The fraction of sp³-hybridized carbons (Fsp3) is 0.143. The van der Waals surface area contributed by atoms with Crippen LogP contribution in [0.1, 0.15) is 18.5 Å². The number of hydrogen-bond acceptors (Lipinski definition) is 1. The summed E-state index contributed by atoms with van der Waals surface area (Å²) in [7, 11) is 0. The molecule has 0 saturated carbocycles. The Kier molecular flexibility index (Phi) is 5.19. The highest BCUT2D eigenvalue weighted by atomic mass is 79.9. The van der Waals surface area contributed by atoms with Crippen LogP contribution in [0.3, 0.4) is 0 Å². The second kappa shape index (κ2) is 6.52. The predicted octanol–water partition coefficient (Wildman–Crippen LogP) is 6.72. The van der Waals surface area contributed by atoms with Crippen molar-refractivity contribution < 1.29 is 4.39 Å². The van der Waals surface area contributed by atoms with Crippen molar-refractivity contribution in [2.24, 2.45) is 0 Å². The lowest BCUT2D eigenvalue weighted by Gasteiger charge is -2.19. The van der Waals surface area contributed by atoms with E-state index in [2.05, 4.69) is 21.2 Å². The van der Waals surface area contributed by atoms with Gasteiger partial charge in [-0.2, -0.15) is 0 Å². The highest BCUT2D eigenvalue weighted by Crippen LogP contribution is 2.36. The summed E-state index contributed by atoms with van der Waals surface area (Å²) in [5.74, 6) is -0.500. The van der Waals surface area contributed by atoms with Crippen molar-refractivity contribution in [1.82, 2.24) is 0 Å². The Balaban J connectivity index is 2.35. The van der Waals surface area contributed by atoms with Gasteiger partial charge in [0.1, 0.15) is 5.82 Å². The van der Waals surface area contributed by atoms with Crippen LogP contribution < -0.4 is 5.32 Å². The summed E-state index contributed by atoms with van der Waals surface area (Å²) in [4.78, 5) is 0. The van der Waals surface area contributed by atoms with Gasteiger partial charge in [-0.15, -0.1) is 0 Å². The summed E-state index contributed by atoms with van der Waals surface area (Å²) in [6, 6.07) is 7.86. The Morgan fingerprint density at radius 2 is 1.75 bits per heavy atom. The molecule has 6 heteroatoms. The number of halogens is 5. The first-order valence-electron chi connectivity index (χ1n) is 5.75. The van der Waals surface area contributed by atoms with Gasteiger partial charge < -0.3 is 5.32 Å². The molecule has 2 aromatic rings. The average Bonchev–Trinajstić information content (AvgIpc) is 2.39. The summed E-state index contributed by atoms with van der Waals surface area (Å²) < 4.78 is 14.4. The molecule has 2 rings (SSSR count). The topological polar surface area (TPSA) is 12.0 Å². The minimum Gasteiger partial charge on any atom is -0.377 e. The molecule has 2 aromatic carbocycles. The molecule has 20 heavy (non-hydrogen) atoms. The van der Waals surface area contributed by atoms with Crippen molar-refractivity contribution in [1.29, 1.82) is 0 Å². The minimum absolute atomic E-state index is 0.0172. The van der Waals surface area contributed by atoms with E-state index in [1.54, 1.807) is 6.07 Å². The van der Waals surface area contributed by atoms with Crippen LogP contribution in [0.2, 0.25) is 15.1 Å². The lowest BCUT2D eigenvalue weighted by Crippen LogP contribution is -2.09. The van der Waals surface area contributed by atoms with E-state index in [-0.39, 0.29) is 11.1 Å². The Labute approximate surface area is 140 Å². The van der Waals surface area contributed by atoms with E-state index < -0.39 is 5.82 Å². The molecule has 1 nitrogen and oxygen atoms in total. The van der Waals surface area contributed by atoms with Crippen LogP contribution in [0.4, 0.5) is 10.1 Å². The van der Waals surface area contributed by atoms with E-state index in [0.29, 0.717) is 21.3 Å². The fourth-order valence-electron chi connectivity index (χ4n) is 1.85. The molecule has 106 valence electrons.